The van der Waals surface area contributed by atoms with Gasteiger partial charge >= 0.3 is 0 Å². The third-order valence-corrected chi connectivity index (χ3v) is 3.85. The van der Waals surface area contributed by atoms with Crippen molar-refractivity contribution in [1.29, 1.82) is 0 Å². The van der Waals surface area contributed by atoms with Gasteiger partial charge in [0, 0.05) is 18.6 Å². The summed E-state index contributed by atoms with van der Waals surface area (Å²) in [7, 11) is 1.99. The van der Waals surface area contributed by atoms with Gasteiger partial charge in [0.05, 0.1) is 0 Å². The van der Waals surface area contributed by atoms with Crippen LogP contribution in [0.5, 0.6) is 0 Å². The highest BCUT2D eigenvalue weighted by molar-refractivity contribution is 5.22. The smallest absolute Gasteiger partial charge is 0.0239 e. The Balaban J connectivity index is 1.99. The largest absolute Gasteiger partial charge is 0.316 e. The Morgan fingerprint density at radius 3 is 2.35 bits per heavy atom. The molecule has 1 saturated heterocycles. The van der Waals surface area contributed by atoms with Crippen LogP contribution in [0.25, 0.3) is 0 Å². The van der Waals surface area contributed by atoms with E-state index in [2.05, 4.69) is 48.3 Å². The number of nitrogens with zero attached hydrogens (tertiary/aromatic N) is 1. The fourth-order valence-electron chi connectivity index (χ4n) is 2.64. The van der Waals surface area contributed by atoms with Crippen molar-refractivity contribution in [3.8, 4) is 0 Å². The van der Waals surface area contributed by atoms with Crippen molar-refractivity contribution in [3.05, 3.63) is 35.4 Å². The van der Waals surface area contributed by atoms with Crippen LogP contribution in [0.15, 0.2) is 24.3 Å². The van der Waals surface area contributed by atoms with Crippen molar-refractivity contribution in [3.63, 3.8) is 0 Å². The number of nitrogens with one attached hydrogen (secondary N) is 1. The second-order valence-electron chi connectivity index (χ2n) is 5.68. The highest BCUT2D eigenvalue weighted by Crippen LogP contribution is 2.29. The number of benzene rings is 1. The van der Waals surface area contributed by atoms with Crippen molar-refractivity contribution < 1.29 is 0 Å². The second-order valence-corrected chi connectivity index (χ2v) is 5.68. The number of hydrogen-bond acceptors (Lipinski definition) is 2. The van der Waals surface area contributed by atoms with Crippen molar-refractivity contribution in [2.24, 2.45) is 0 Å². The van der Waals surface area contributed by atoms with E-state index >= 15 is 0 Å². The molecular weight excluding hydrogens is 208 g/mol. The van der Waals surface area contributed by atoms with Crippen LogP contribution in [-0.2, 0) is 13.1 Å². The molecule has 0 spiro atoms. The Morgan fingerprint density at radius 2 is 1.82 bits per heavy atom. The zero-order chi connectivity index (χ0) is 12.3. The van der Waals surface area contributed by atoms with Crippen LogP contribution < -0.4 is 5.32 Å². The molecule has 0 atom stereocenters. The predicted molar refractivity (Wildman–Crippen MR) is 72.9 cm³/mol. The Hall–Kier alpha value is -0.860. The molecular formula is C15H24N2. The normalized spacial score (nSPS) is 19.7. The molecule has 2 rings (SSSR count). The van der Waals surface area contributed by atoms with Crippen LogP contribution in [0.3, 0.4) is 0 Å². The number of hydrogen-bond donors (Lipinski definition) is 1. The Bertz CT molecular complexity index is 354. The molecule has 2 nitrogen and oxygen atoms in total. The molecule has 2 heteroatoms. The van der Waals surface area contributed by atoms with Gasteiger partial charge in [0.1, 0.15) is 0 Å². The first kappa shape index (κ1) is 12.6. The zero-order valence-electron chi connectivity index (χ0n) is 11.3. The molecule has 1 fully saturated rings. The quantitative estimate of drug-likeness (QED) is 0.858. The van der Waals surface area contributed by atoms with Gasteiger partial charge in [0.25, 0.3) is 0 Å². The van der Waals surface area contributed by atoms with Gasteiger partial charge in [0.15, 0.2) is 0 Å². The standard InChI is InChI=1S/C15H24N2/c1-15(2)9-4-10-17(15)12-14-7-5-13(6-8-14)11-16-3/h5-8,16H,4,9-12H2,1-3H3. The first-order valence-corrected chi connectivity index (χ1v) is 6.59. The van der Waals surface area contributed by atoms with Gasteiger partial charge < -0.3 is 5.32 Å². The van der Waals surface area contributed by atoms with E-state index in [-0.39, 0.29) is 0 Å². The summed E-state index contributed by atoms with van der Waals surface area (Å²) >= 11 is 0. The molecule has 0 bridgehead atoms. The van der Waals surface area contributed by atoms with Gasteiger partial charge in [-0.3, -0.25) is 4.90 Å². The molecule has 1 heterocycles. The second kappa shape index (κ2) is 5.19. The first-order chi connectivity index (χ1) is 8.12. The molecule has 1 aliphatic rings. The van der Waals surface area contributed by atoms with E-state index in [0.717, 1.165) is 13.1 Å². The lowest BCUT2D eigenvalue weighted by Crippen LogP contribution is -2.37. The highest BCUT2D eigenvalue weighted by Gasteiger charge is 2.31. The predicted octanol–water partition coefficient (Wildman–Crippen LogP) is 2.78. The third-order valence-electron chi connectivity index (χ3n) is 3.85. The lowest BCUT2D eigenvalue weighted by Gasteiger charge is -2.31. The summed E-state index contributed by atoms with van der Waals surface area (Å²) in [5.74, 6) is 0. The monoisotopic (exact) mass is 232 g/mol. The number of likely N-dealkylation sites (tertiary alicyclic amines) is 1. The fraction of sp³-hybridized carbons (Fsp3) is 0.600. The molecule has 17 heavy (non-hydrogen) atoms. The van der Waals surface area contributed by atoms with Crippen LogP contribution in [0.2, 0.25) is 0 Å². The van der Waals surface area contributed by atoms with Gasteiger partial charge in [-0.2, -0.15) is 0 Å². The third kappa shape index (κ3) is 3.08. The molecule has 0 radical (unpaired) electrons. The van der Waals surface area contributed by atoms with Gasteiger partial charge in [-0.25, -0.2) is 0 Å². The molecule has 1 N–H and O–H groups in total. The van der Waals surface area contributed by atoms with Crippen LogP contribution in [0.4, 0.5) is 0 Å². The summed E-state index contributed by atoms with van der Waals surface area (Å²) in [6, 6.07) is 8.99. The Labute approximate surface area is 105 Å². The van der Waals surface area contributed by atoms with Gasteiger partial charge in [0.2, 0.25) is 0 Å². The van der Waals surface area contributed by atoms with Crippen LogP contribution in [0.1, 0.15) is 37.8 Å². The molecule has 0 saturated carbocycles. The molecule has 1 aliphatic heterocycles. The summed E-state index contributed by atoms with van der Waals surface area (Å²) < 4.78 is 0. The maximum atomic E-state index is 3.18. The summed E-state index contributed by atoms with van der Waals surface area (Å²) in [6.45, 7) is 8.00. The highest BCUT2D eigenvalue weighted by atomic mass is 15.2. The number of rotatable bonds is 4. The van der Waals surface area contributed by atoms with E-state index in [4.69, 9.17) is 0 Å². The first-order valence-electron chi connectivity index (χ1n) is 6.59. The molecule has 1 aromatic carbocycles. The van der Waals surface area contributed by atoms with Crippen LogP contribution >= 0.6 is 0 Å². The average molecular weight is 232 g/mol. The zero-order valence-corrected chi connectivity index (χ0v) is 11.3. The SMILES string of the molecule is CNCc1ccc(CN2CCCC2(C)C)cc1. The van der Waals surface area contributed by atoms with Gasteiger partial charge in [-0.1, -0.05) is 24.3 Å². The molecule has 1 aromatic rings. The lowest BCUT2D eigenvalue weighted by molar-refractivity contribution is 0.166. The summed E-state index contributed by atoms with van der Waals surface area (Å²) in [4.78, 5) is 2.60. The molecule has 0 aliphatic carbocycles. The van der Waals surface area contributed by atoms with Crippen molar-refractivity contribution in [2.45, 2.75) is 45.3 Å². The topological polar surface area (TPSA) is 15.3 Å². The maximum absolute atomic E-state index is 3.18. The van der Waals surface area contributed by atoms with E-state index < -0.39 is 0 Å². The Morgan fingerprint density at radius 1 is 1.18 bits per heavy atom. The minimum absolute atomic E-state index is 0.379. The Kier molecular flexibility index (Phi) is 3.85. The fourth-order valence-corrected chi connectivity index (χ4v) is 2.64. The van der Waals surface area contributed by atoms with E-state index in [1.54, 1.807) is 0 Å². The van der Waals surface area contributed by atoms with Crippen molar-refractivity contribution in [1.82, 2.24) is 10.2 Å². The van der Waals surface area contributed by atoms with E-state index in [9.17, 15) is 0 Å². The van der Waals surface area contributed by atoms with Gasteiger partial charge in [-0.05, 0) is 51.4 Å². The summed E-state index contributed by atoms with van der Waals surface area (Å²) in [5, 5.41) is 3.18. The van der Waals surface area contributed by atoms with E-state index in [0.29, 0.717) is 5.54 Å². The molecule has 0 aromatic heterocycles. The summed E-state index contributed by atoms with van der Waals surface area (Å²) in [5.41, 5.74) is 3.17. The van der Waals surface area contributed by atoms with E-state index in [1.807, 2.05) is 7.05 Å². The molecule has 94 valence electrons. The molecule has 0 unspecified atom stereocenters. The van der Waals surface area contributed by atoms with Gasteiger partial charge in [-0.15, -0.1) is 0 Å². The minimum Gasteiger partial charge on any atom is -0.316 e. The average Bonchev–Trinajstić information content (AvgIpc) is 2.62. The van der Waals surface area contributed by atoms with Crippen LogP contribution in [0, 0.1) is 0 Å². The molecule has 0 amide bonds. The maximum Gasteiger partial charge on any atom is 0.0239 e. The van der Waals surface area contributed by atoms with E-state index in [1.165, 1.54) is 30.5 Å². The van der Waals surface area contributed by atoms with Crippen molar-refractivity contribution in [2.75, 3.05) is 13.6 Å². The lowest BCUT2D eigenvalue weighted by atomic mass is 10.0. The van der Waals surface area contributed by atoms with Crippen LogP contribution in [-0.4, -0.2) is 24.0 Å². The minimum atomic E-state index is 0.379. The van der Waals surface area contributed by atoms with Crippen molar-refractivity contribution >= 4 is 0 Å². The summed E-state index contributed by atoms with van der Waals surface area (Å²) in [6.07, 6.45) is 2.66.